The van der Waals surface area contributed by atoms with Crippen molar-refractivity contribution in [3.8, 4) is 0 Å². The summed E-state index contributed by atoms with van der Waals surface area (Å²) in [6.45, 7) is 3.90. The molecule has 0 aromatic heterocycles. The van der Waals surface area contributed by atoms with E-state index in [0.717, 1.165) is 15.6 Å². The van der Waals surface area contributed by atoms with E-state index < -0.39 is 0 Å². The quantitative estimate of drug-likeness (QED) is 0.823. The number of nitrogens with one attached hydrogen (secondary N) is 1. The van der Waals surface area contributed by atoms with Crippen LogP contribution in [0.3, 0.4) is 0 Å². The van der Waals surface area contributed by atoms with Crippen LogP contribution in [-0.2, 0) is 0 Å². The zero-order valence-electron chi connectivity index (χ0n) is 10.6. The molecule has 0 heterocycles. The summed E-state index contributed by atoms with van der Waals surface area (Å²) in [6.07, 6.45) is 0. The van der Waals surface area contributed by atoms with Crippen LogP contribution in [0.25, 0.3) is 0 Å². The van der Waals surface area contributed by atoms with E-state index in [4.69, 9.17) is 11.6 Å². The van der Waals surface area contributed by atoms with Crippen LogP contribution in [0.4, 0.5) is 5.69 Å². The number of hydrogen-bond donors (Lipinski definition) is 1. The van der Waals surface area contributed by atoms with Gasteiger partial charge in [0.15, 0.2) is 0 Å². The van der Waals surface area contributed by atoms with Crippen molar-refractivity contribution in [3.63, 3.8) is 0 Å². The van der Waals surface area contributed by atoms with Crippen LogP contribution in [0, 0.1) is 13.8 Å². The normalized spacial score (nSPS) is 10.3. The minimum atomic E-state index is -0.178. The molecule has 2 rings (SSSR count). The number of amides is 1. The zero-order valence-corrected chi connectivity index (χ0v) is 13.0. The van der Waals surface area contributed by atoms with Crippen molar-refractivity contribution in [3.05, 3.63) is 62.6 Å². The molecular weight excluding hydrogens is 326 g/mol. The summed E-state index contributed by atoms with van der Waals surface area (Å²) < 4.78 is 0.763. The molecule has 0 saturated carbocycles. The van der Waals surface area contributed by atoms with Gasteiger partial charge in [-0.1, -0.05) is 29.3 Å². The van der Waals surface area contributed by atoms with Crippen LogP contribution in [0.5, 0.6) is 0 Å². The molecule has 0 aliphatic rings. The third-order valence-corrected chi connectivity index (χ3v) is 3.76. The lowest BCUT2D eigenvalue weighted by molar-refractivity contribution is 0.102. The lowest BCUT2D eigenvalue weighted by atomic mass is 10.1. The highest BCUT2D eigenvalue weighted by Gasteiger charge is 2.12. The van der Waals surface area contributed by atoms with E-state index in [1.54, 1.807) is 6.07 Å². The van der Waals surface area contributed by atoms with E-state index in [9.17, 15) is 4.79 Å². The number of halogens is 2. The number of rotatable bonds is 2. The van der Waals surface area contributed by atoms with Gasteiger partial charge in [0.25, 0.3) is 5.91 Å². The van der Waals surface area contributed by atoms with Gasteiger partial charge < -0.3 is 5.32 Å². The van der Waals surface area contributed by atoms with Crippen molar-refractivity contribution in [2.75, 3.05) is 5.32 Å². The van der Waals surface area contributed by atoms with Gasteiger partial charge in [-0.3, -0.25) is 4.79 Å². The van der Waals surface area contributed by atoms with Crippen molar-refractivity contribution in [1.82, 2.24) is 0 Å². The minimum Gasteiger partial charge on any atom is -0.321 e. The molecule has 2 nitrogen and oxygen atoms in total. The smallest absolute Gasteiger partial charge is 0.256 e. The highest BCUT2D eigenvalue weighted by molar-refractivity contribution is 9.10. The average Bonchev–Trinajstić information content (AvgIpc) is 2.36. The van der Waals surface area contributed by atoms with E-state index in [1.807, 2.05) is 44.2 Å². The fourth-order valence-electron chi connectivity index (χ4n) is 1.74. The van der Waals surface area contributed by atoms with Gasteiger partial charge in [-0.15, -0.1) is 0 Å². The summed E-state index contributed by atoms with van der Waals surface area (Å²) in [5, 5.41) is 3.36. The van der Waals surface area contributed by atoms with Crippen LogP contribution in [0.15, 0.2) is 40.9 Å². The van der Waals surface area contributed by atoms with Gasteiger partial charge in [0, 0.05) is 4.47 Å². The molecule has 0 aliphatic heterocycles. The number of aryl methyl sites for hydroxylation is 2. The van der Waals surface area contributed by atoms with Gasteiger partial charge in [0.1, 0.15) is 0 Å². The Bertz CT molecular complexity index is 640. The predicted octanol–water partition coefficient (Wildman–Crippen LogP) is 4.97. The van der Waals surface area contributed by atoms with Gasteiger partial charge in [0.05, 0.1) is 16.3 Å². The molecule has 0 spiro atoms. The van der Waals surface area contributed by atoms with Crippen LogP contribution in [-0.4, -0.2) is 5.91 Å². The largest absolute Gasteiger partial charge is 0.321 e. The third-order valence-electron chi connectivity index (χ3n) is 2.74. The lowest BCUT2D eigenvalue weighted by Crippen LogP contribution is -2.13. The summed E-state index contributed by atoms with van der Waals surface area (Å²) in [7, 11) is 0. The van der Waals surface area contributed by atoms with Crippen molar-refractivity contribution in [2.45, 2.75) is 13.8 Å². The first-order valence-electron chi connectivity index (χ1n) is 5.81. The fourth-order valence-corrected chi connectivity index (χ4v) is 2.33. The lowest BCUT2D eigenvalue weighted by Gasteiger charge is -2.10. The predicted molar refractivity (Wildman–Crippen MR) is 83.0 cm³/mol. The number of benzene rings is 2. The molecule has 0 bridgehead atoms. The minimum absolute atomic E-state index is 0.178. The summed E-state index contributed by atoms with van der Waals surface area (Å²) in [5.74, 6) is -0.178. The summed E-state index contributed by atoms with van der Waals surface area (Å²) >= 11 is 9.46. The Morgan fingerprint density at radius 3 is 2.47 bits per heavy atom. The molecule has 0 atom stereocenters. The number of hydrogen-bond acceptors (Lipinski definition) is 1. The van der Waals surface area contributed by atoms with Crippen molar-refractivity contribution < 1.29 is 4.79 Å². The Morgan fingerprint density at radius 2 is 1.74 bits per heavy atom. The third kappa shape index (κ3) is 3.37. The number of anilines is 1. The average molecular weight is 339 g/mol. The first-order valence-corrected chi connectivity index (χ1v) is 6.98. The summed E-state index contributed by atoms with van der Waals surface area (Å²) in [5.41, 5.74) is 3.30. The molecule has 0 saturated heterocycles. The van der Waals surface area contributed by atoms with Crippen molar-refractivity contribution in [1.29, 1.82) is 0 Å². The SMILES string of the molecule is Cc1ccc(Cl)c(NC(=O)c2cc(C)ccc2Br)c1. The van der Waals surface area contributed by atoms with Crippen LogP contribution in [0.1, 0.15) is 21.5 Å². The highest BCUT2D eigenvalue weighted by Crippen LogP contribution is 2.25. The van der Waals surface area contributed by atoms with E-state index in [-0.39, 0.29) is 5.91 Å². The second kappa shape index (κ2) is 5.76. The van der Waals surface area contributed by atoms with Gasteiger partial charge in [0.2, 0.25) is 0 Å². The Labute approximate surface area is 125 Å². The van der Waals surface area contributed by atoms with E-state index in [0.29, 0.717) is 16.3 Å². The molecule has 0 aliphatic carbocycles. The van der Waals surface area contributed by atoms with Gasteiger partial charge in [-0.2, -0.15) is 0 Å². The van der Waals surface area contributed by atoms with Crippen LogP contribution >= 0.6 is 27.5 Å². The maximum absolute atomic E-state index is 12.3. The first kappa shape index (κ1) is 14.1. The van der Waals surface area contributed by atoms with Gasteiger partial charge >= 0.3 is 0 Å². The van der Waals surface area contributed by atoms with Crippen LogP contribution < -0.4 is 5.32 Å². The molecule has 19 heavy (non-hydrogen) atoms. The molecule has 0 radical (unpaired) electrons. The highest BCUT2D eigenvalue weighted by atomic mass is 79.9. The topological polar surface area (TPSA) is 29.1 Å². The van der Waals surface area contributed by atoms with Crippen molar-refractivity contribution in [2.24, 2.45) is 0 Å². The molecule has 2 aromatic rings. The molecule has 2 aromatic carbocycles. The van der Waals surface area contributed by atoms with Crippen LogP contribution in [0.2, 0.25) is 5.02 Å². The zero-order chi connectivity index (χ0) is 14.0. The summed E-state index contributed by atoms with van der Waals surface area (Å²) in [4.78, 5) is 12.3. The summed E-state index contributed by atoms with van der Waals surface area (Å²) in [6, 6.07) is 11.2. The van der Waals surface area contributed by atoms with Gasteiger partial charge in [-0.05, 0) is 59.6 Å². The van der Waals surface area contributed by atoms with Gasteiger partial charge in [-0.25, -0.2) is 0 Å². The maximum Gasteiger partial charge on any atom is 0.256 e. The second-order valence-corrected chi connectivity index (χ2v) is 5.68. The molecule has 98 valence electrons. The second-order valence-electron chi connectivity index (χ2n) is 4.42. The Hall–Kier alpha value is -1.32. The van der Waals surface area contributed by atoms with E-state index >= 15 is 0 Å². The molecule has 1 amide bonds. The van der Waals surface area contributed by atoms with Crippen molar-refractivity contribution >= 4 is 39.1 Å². The molecule has 0 unspecified atom stereocenters. The Balaban J connectivity index is 2.30. The molecule has 0 fully saturated rings. The van der Waals surface area contributed by atoms with E-state index in [2.05, 4.69) is 21.2 Å². The standard InChI is InChI=1S/C15H13BrClNO/c1-9-3-5-12(16)11(7-9)15(19)18-14-8-10(2)4-6-13(14)17/h3-8H,1-2H3,(H,18,19). The molecule has 4 heteroatoms. The molecule has 1 N–H and O–H groups in total. The fraction of sp³-hybridized carbons (Fsp3) is 0.133. The Morgan fingerprint density at radius 1 is 1.11 bits per heavy atom. The number of carbonyl (C=O) groups is 1. The van der Waals surface area contributed by atoms with E-state index in [1.165, 1.54) is 0 Å². The Kier molecular flexibility index (Phi) is 4.27. The first-order chi connectivity index (χ1) is 8.97. The maximum atomic E-state index is 12.3. The number of carbonyl (C=O) groups excluding carboxylic acids is 1. The molecular formula is C15H13BrClNO. The monoisotopic (exact) mass is 337 g/mol.